The molecule has 1 rings (SSSR count). The van der Waals surface area contributed by atoms with Gasteiger partial charge in [-0.2, -0.15) is 0 Å². The Labute approximate surface area is 103 Å². The van der Waals surface area contributed by atoms with E-state index in [2.05, 4.69) is 6.58 Å². The van der Waals surface area contributed by atoms with Crippen LogP contribution in [0.4, 0.5) is 0 Å². The molecule has 1 nitrogen and oxygen atoms in total. The van der Waals surface area contributed by atoms with Crippen molar-refractivity contribution in [1.29, 1.82) is 5.41 Å². The Balaban J connectivity index is 2.81. The molecule has 0 spiro atoms. The van der Waals surface area contributed by atoms with Gasteiger partial charge < -0.3 is 5.41 Å². The molecular weight excluding hydrogens is 206 g/mol. The van der Waals surface area contributed by atoms with Gasteiger partial charge in [-0.1, -0.05) is 67.3 Å². The van der Waals surface area contributed by atoms with Crippen LogP contribution < -0.4 is 0 Å². The zero-order chi connectivity index (χ0) is 12.5. The zero-order valence-electron chi connectivity index (χ0n) is 10.1. The van der Waals surface area contributed by atoms with Crippen LogP contribution in [0.5, 0.6) is 0 Å². The van der Waals surface area contributed by atoms with Crippen LogP contribution in [0.25, 0.3) is 6.08 Å². The summed E-state index contributed by atoms with van der Waals surface area (Å²) in [5.41, 5.74) is 2.43. The summed E-state index contributed by atoms with van der Waals surface area (Å²) in [6, 6.07) is 9.96. The molecule has 0 aliphatic heterocycles. The van der Waals surface area contributed by atoms with E-state index in [-0.39, 0.29) is 0 Å². The fourth-order valence-corrected chi connectivity index (χ4v) is 1.38. The van der Waals surface area contributed by atoms with Gasteiger partial charge >= 0.3 is 0 Å². The average molecular weight is 223 g/mol. The van der Waals surface area contributed by atoms with Crippen LogP contribution in [-0.4, -0.2) is 5.71 Å². The number of hydrogen-bond donors (Lipinski definition) is 1. The molecule has 17 heavy (non-hydrogen) atoms. The Bertz CT molecular complexity index is 462. The van der Waals surface area contributed by atoms with Gasteiger partial charge in [-0.05, 0) is 24.1 Å². The van der Waals surface area contributed by atoms with Crippen LogP contribution in [-0.2, 0) is 0 Å². The third kappa shape index (κ3) is 4.47. The third-order valence-electron chi connectivity index (χ3n) is 2.20. The Morgan fingerprint density at radius 2 is 1.88 bits per heavy atom. The highest BCUT2D eigenvalue weighted by Gasteiger charge is 1.95. The fourth-order valence-electron chi connectivity index (χ4n) is 1.38. The van der Waals surface area contributed by atoms with Crippen LogP contribution >= 0.6 is 0 Å². The van der Waals surface area contributed by atoms with Crippen LogP contribution in [0.1, 0.15) is 12.5 Å². The first kappa shape index (κ1) is 12.9. The van der Waals surface area contributed by atoms with E-state index in [9.17, 15) is 0 Å². The van der Waals surface area contributed by atoms with Crippen molar-refractivity contribution in [2.45, 2.75) is 6.92 Å². The summed E-state index contributed by atoms with van der Waals surface area (Å²) in [6.45, 7) is 5.59. The maximum atomic E-state index is 7.95. The van der Waals surface area contributed by atoms with Gasteiger partial charge in [0, 0.05) is 0 Å². The molecule has 0 heterocycles. The van der Waals surface area contributed by atoms with Gasteiger partial charge in [0.1, 0.15) is 0 Å². The molecule has 0 bridgehead atoms. The van der Waals surface area contributed by atoms with E-state index in [0.717, 1.165) is 11.1 Å². The van der Waals surface area contributed by atoms with E-state index in [1.165, 1.54) is 0 Å². The van der Waals surface area contributed by atoms with E-state index in [1.54, 1.807) is 12.2 Å². The molecule has 0 amide bonds. The predicted molar refractivity (Wildman–Crippen MR) is 76.3 cm³/mol. The Morgan fingerprint density at radius 3 is 2.47 bits per heavy atom. The molecule has 1 aromatic rings. The minimum absolute atomic E-state index is 0.479. The van der Waals surface area contributed by atoms with Crippen molar-refractivity contribution in [2.24, 2.45) is 0 Å². The first-order valence-corrected chi connectivity index (χ1v) is 5.55. The first-order chi connectivity index (χ1) is 8.27. The number of nitrogens with one attached hydrogen (secondary N) is 1. The highest BCUT2D eigenvalue weighted by molar-refractivity contribution is 6.10. The van der Waals surface area contributed by atoms with Crippen LogP contribution in [0.3, 0.4) is 0 Å². The summed E-state index contributed by atoms with van der Waals surface area (Å²) in [5.74, 6) is 0. The molecule has 1 aromatic carbocycles. The largest absolute Gasteiger partial charge is 0.300 e. The van der Waals surface area contributed by atoms with Crippen molar-refractivity contribution in [3.05, 3.63) is 78.4 Å². The van der Waals surface area contributed by atoms with E-state index < -0.39 is 0 Å². The van der Waals surface area contributed by atoms with Crippen LogP contribution in [0.2, 0.25) is 0 Å². The second-order valence-electron chi connectivity index (χ2n) is 3.52. The van der Waals surface area contributed by atoms with E-state index in [4.69, 9.17) is 5.41 Å². The highest BCUT2D eigenvalue weighted by atomic mass is 14.4. The maximum absolute atomic E-state index is 7.95. The second-order valence-corrected chi connectivity index (χ2v) is 3.52. The molecule has 0 unspecified atom stereocenters. The molecule has 0 aliphatic carbocycles. The number of benzene rings is 1. The third-order valence-corrected chi connectivity index (χ3v) is 2.20. The molecular formula is C16H17N. The highest BCUT2D eigenvalue weighted by Crippen LogP contribution is 2.06. The van der Waals surface area contributed by atoms with Crippen molar-refractivity contribution in [3.8, 4) is 0 Å². The molecule has 86 valence electrons. The normalized spacial score (nSPS) is 12.2. The standard InChI is InChI=1S/C16H17N/c1-3-8-15(9-4-2)16(17)13-12-14-10-6-5-7-11-14/h3-13,17H,1H2,2H3/b9-4-,13-12-,15-8+,17-16?. The van der Waals surface area contributed by atoms with Crippen LogP contribution in [0.15, 0.2) is 72.9 Å². The van der Waals surface area contributed by atoms with Gasteiger partial charge in [-0.25, -0.2) is 0 Å². The van der Waals surface area contributed by atoms with Gasteiger partial charge in [0.05, 0.1) is 5.71 Å². The molecule has 0 fully saturated rings. The smallest absolute Gasteiger partial charge is 0.0612 e. The molecule has 0 radical (unpaired) electrons. The Kier molecular flexibility index (Phi) is 5.45. The quantitative estimate of drug-likeness (QED) is 0.565. The van der Waals surface area contributed by atoms with Crippen molar-refractivity contribution in [3.63, 3.8) is 0 Å². The van der Waals surface area contributed by atoms with E-state index >= 15 is 0 Å². The topological polar surface area (TPSA) is 23.9 Å². The number of hydrogen-bond acceptors (Lipinski definition) is 1. The Morgan fingerprint density at radius 1 is 1.18 bits per heavy atom. The van der Waals surface area contributed by atoms with Gasteiger partial charge in [0.2, 0.25) is 0 Å². The lowest BCUT2D eigenvalue weighted by molar-refractivity contribution is 1.50. The zero-order valence-corrected chi connectivity index (χ0v) is 10.1. The predicted octanol–water partition coefficient (Wildman–Crippen LogP) is 4.41. The molecule has 0 saturated carbocycles. The fraction of sp³-hybridized carbons (Fsp3) is 0.0625. The molecule has 0 atom stereocenters. The average Bonchev–Trinajstić information content (AvgIpc) is 2.37. The second kappa shape index (κ2) is 7.18. The Hall–Kier alpha value is -2.15. The van der Waals surface area contributed by atoms with E-state index in [1.807, 2.05) is 61.6 Å². The number of rotatable bonds is 5. The monoisotopic (exact) mass is 223 g/mol. The summed E-state index contributed by atoms with van der Waals surface area (Å²) < 4.78 is 0. The van der Waals surface area contributed by atoms with Crippen LogP contribution in [0, 0.1) is 5.41 Å². The lowest BCUT2D eigenvalue weighted by Gasteiger charge is -1.98. The summed E-state index contributed by atoms with van der Waals surface area (Å²) in [6.07, 6.45) is 11.1. The van der Waals surface area contributed by atoms with Gasteiger partial charge in [0.25, 0.3) is 0 Å². The van der Waals surface area contributed by atoms with Crippen molar-refractivity contribution in [1.82, 2.24) is 0 Å². The minimum Gasteiger partial charge on any atom is -0.300 e. The van der Waals surface area contributed by atoms with Gasteiger partial charge in [-0.3, -0.25) is 0 Å². The van der Waals surface area contributed by atoms with Crippen molar-refractivity contribution < 1.29 is 0 Å². The lowest BCUT2D eigenvalue weighted by atomic mass is 10.1. The SMILES string of the molecule is C=C/C=C(\C=C/C)C(=N)/C=C\c1ccccc1. The van der Waals surface area contributed by atoms with Gasteiger partial charge in [0.15, 0.2) is 0 Å². The maximum Gasteiger partial charge on any atom is 0.0612 e. The van der Waals surface area contributed by atoms with Crippen molar-refractivity contribution in [2.75, 3.05) is 0 Å². The van der Waals surface area contributed by atoms with Crippen molar-refractivity contribution >= 4 is 11.8 Å². The molecule has 0 aromatic heterocycles. The van der Waals surface area contributed by atoms with Gasteiger partial charge in [-0.15, -0.1) is 0 Å². The molecule has 0 aliphatic rings. The molecule has 1 heteroatoms. The first-order valence-electron chi connectivity index (χ1n) is 5.55. The minimum atomic E-state index is 0.479. The summed E-state index contributed by atoms with van der Waals surface area (Å²) in [4.78, 5) is 0. The summed E-state index contributed by atoms with van der Waals surface area (Å²) >= 11 is 0. The molecule has 1 N–H and O–H groups in total. The molecule has 0 saturated heterocycles. The number of allylic oxidation sites excluding steroid dienone is 6. The summed E-state index contributed by atoms with van der Waals surface area (Å²) in [7, 11) is 0. The summed E-state index contributed by atoms with van der Waals surface area (Å²) in [5, 5.41) is 7.95. The van der Waals surface area contributed by atoms with E-state index in [0.29, 0.717) is 5.71 Å². The lowest BCUT2D eigenvalue weighted by Crippen LogP contribution is -1.93.